The molecule has 0 bridgehead atoms. The molecule has 1 aromatic heterocycles. The molecular formula is C19H21N3O3S. The van der Waals surface area contributed by atoms with Gasteiger partial charge >= 0.3 is 0 Å². The Hall–Kier alpha value is -2.25. The number of nitrogens with zero attached hydrogens (tertiary/aromatic N) is 3. The molecule has 0 N–H and O–H groups in total. The molecule has 0 unspecified atom stereocenters. The fraction of sp³-hybridized carbons (Fsp3) is 0.421. The first-order valence-electron chi connectivity index (χ1n) is 8.72. The van der Waals surface area contributed by atoms with E-state index < -0.39 is 5.60 Å². The third-order valence-corrected chi connectivity index (χ3v) is 5.92. The molecule has 2 fully saturated rings. The van der Waals surface area contributed by atoms with Crippen molar-refractivity contribution in [2.45, 2.75) is 31.5 Å². The molecule has 0 radical (unpaired) electrons. The van der Waals surface area contributed by atoms with Gasteiger partial charge in [-0.05, 0) is 18.9 Å². The minimum atomic E-state index is -0.429. The summed E-state index contributed by atoms with van der Waals surface area (Å²) in [6, 6.07) is 9.77. The number of carbonyl (C=O) groups excluding carboxylic acids is 2. The Balaban J connectivity index is 1.58. The van der Waals surface area contributed by atoms with Crippen molar-refractivity contribution in [2.75, 3.05) is 19.7 Å². The Kier molecular flexibility index (Phi) is 4.50. The Labute approximate surface area is 156 Å². The van der Waals surface area contributed by atoms with Crippen LogP contribution in [0.1, 0.15) is 29.4 Å². The molecule has 0 spiro atoms. The second kappa shape index (κ2) is 6.81. The van der Waals surface area contributed by atoms with E-state index in [1.54, 1.807) is 15.8 Å². The SMILES string of the molecule is C[C@@]12CCN(C(=O)c3cscn3)C[C@H]1N(Cc1ccccc1)C(=O)CO2. The van der Waals surface area contributed by atoms with Crippen molar-refractivity contribution >= 4 is 23.2 Å². The van der Waals surface area contributed by atoms with E-state index in [-0.39, 0.29) is 24.5 Å². The molecule has 1 aromatic carbocycles. The number of hydrogen-bond acceptors (Lipinski definition) is 5. The Morgan fingerprint density at radius 3 is 2.92 bits per heavy atom. The van der Waals surface area contributed by atoms with E-state index in [1.807, 2.05) is 42.2 Å². The van der Waals surface area contributed by atoms with Gasteiger partial charge in [-0.2, -0.15) is 0 Å². The zero-order chi connectivity index (χ0) is 18.1. The van der Waals surface area contributed by atoms with Crippen molar-refractivity contribution in [2.24, 2.45) is 0 Å². The highest BCUT2D eigenvalue weighted by atomic mass is 32.1. The monoisotopic (exact) mass is 371 g/mol. The van der Waals surface area contributed by atoms with Crippen molar-refractivity contribution in [3.8, 4) is 0 Å². The van der Waals surface area contributed by atoms with Crippen LogP contribution in [0.25, 0.3) is 0 Å². The first kappa shape index (κ1) is 17.2. The predicted octanol–water partition coefficient (Wildman–Crippen LogP) is 2.18. The van der Waals surface area contributed by atoms with Gasteiger partial charge in [-0.15, -0.1) is 11.3 Å². The number of amides is 2. The Bertz CT molecular complexity index is 796. The van der Waals surface area contributed by atoms with E-state index in [0.717, 1.165) is 5.56 Å². The third kappa shape index (κ3) is 3.12. The number of aromatic nitrogens is 1. The maximum absolute atomic E-state index is 12.7. The maximum atomic E-state index is 12.7. The van der Waals surface area contributed by atoms with Crippen LogP contribution >= 0.6 is 11.3 Å². The lowest BCUT2D eigenvalue weighted by atomic mass is 9.85. The lowest BCUT2D eigenvalue weighted by molar-refractivity contribution is -0.186. The van der Waals surface area contributed by atoms with Gasteiger partial charge in [0.15, 0.2) is 0 Å². The molecule has 136 valence electrons. The predicted molar refractivity (Wildman–Crippen MR) is 97.8 cm³/mol. The highest BCUT2D eigenvalue weighted by Crippen LogP contribution is 2.34. The molecule has 26 heavy (non-hydrogen) atoms. The van der Waals surface area contributed by atoms with Crippen LogP contribution in [0.2, 0.25) is 0 Å². The molecule has 2 saturated heterocycles. The second-order valence-electron chi connectivity index (χ2n) is 7.00. The average Bonchev–Trinajstić information content (AvgIpc) is 3.19. The van der Waals surface area contributed by atoms with Crippen LogP contribution in [-0.4, -0.2) is 57.9 Å². The number of thiazole rings is 1. The number of rotatable bonds is 3. The van der Waals surface area contributed by atoms with Crippen molar-refractivity contribution in [1.82, 2.24) is 14.8 Å². The molecule has 2 aromatic rings. The zero-order valence-corrected chi connectivity index (χ0v) is 15.4. The first-order chi connectivity index (χ1) is 12.6. The lowest BCUT2D eigenvalue weighted by Crippen LogP contribution is -2.67. The quantitative estimate of drug-likeness (QED) is 0.830. The molecular weight excluding hydrogens is 350 g/mol. The minimum absolute atomic E-state index is 0.0284. The van der Waals surface area contributed by atoms with E-state index in [1.165, 1.54) is 11.3 Å². The smallest absolute Gasteiger partial charge is 0.273 e. The standard InChI is InChI=1S/C19H21N3O3S/c1-19-7-8-21(18(24)15-12-26-13-20-15)10-16(19)22(17(23)11-25-19)9-14-5-3-2-4-6-14/h2-6,12-13,16H,7-11H2,1H3/t16-,19-/m1/s1. The van der Waals surface area contributed by atoms with E-state index in [4.69, 9.17) is 4.74 Å². The fourth-order valence-corrected chi connectivity index (χ4v) is 4.27. The summed E-state index contributed by atoms with van der Waals surface area (Å²) in [6.45, 7) is 3.75. The molecule has 3 heterocycles. The molecule has 2 amide bonds. The molecule has 2 aliphatic rings. The first-order valence-corrected chi connectivity index (χ1v) is 9.66. The van der Waals surface area contributed by atoms with Gasteiger partial charge in [0.1, 0.15) is 12.3 Å². The van der Waals surface area contributed by atoms with Crippen molar-refractivity contribution < 1.29 is 14.3 Å². The second-order valence-corrected chi connectivity index (χ2v) is 7.72. The number of morpholine rings is 1. The van der Waals surface area contributed by atoms with E-state index in [2.05, 4.69) is 4.98 Å². The molecule has 6 nitrogen and oxygen atoms in total. The van der Waals surface area contributed by atoms with Gasteiger partial charge in [0.2, 0.25) is 5.91 Å². The van der Waals surface area contributed by atoms with Crippen LogP contribution in [0.3, 0.4) is 0 Å². The minimum Gasteiger partial charge on any atom is -0.363 e. The summed E-state index contributed by atoms with van der Waals surface area (Å²) in [5.74, 6) is -0.106. The summed E-state index contributed by atoms with van der Waals surface area (Å²) >= 11 is 1.41. The van der Waals surface area contributed by atoms with Crippen LogP contribution in [-0.2, 0) is 16.1 Å². The number of piperidine rings is 1. The number of carbonyl (C=O) groups is 2. The third-order valence-electron chi connectivity index (χ3n) is 5.33. The van der Waals surface area contributed by atoms with Crippen molar-refractivity contribution in [1.29, 1.82) is 0 Å². The Morgan fingerprint density at radius 2 is 2.19 bits per heavy atom. The zero-order valence-electron chi connectivity index (χ0n) is 14.6. The van der Waals surface area contributed by atoms with Gasteiger partial charge in [-0.1, -0.05) is 30.3 Å². The fourth-order valence-electron chi connectivity index (χ4n) is 3.74. The Morgan fingerprint density at radius 1 is 1.38 bits per heavy atom. The molecule has 0 aliphatic carbocycles. The summed E-state index contributed by atoms with van der Waals surface area (Å²) < 4.78 is 5.93. The molecule has 2 atom stereocenters. The highest BCUT2D eigenvalue weighted by Gasteiger charge is 2.49. The number of fused-ring (bicyclic) bond motifs is 1. The number of hydrogen-bond donors (Lipinski definition) is 0. The van der Waals surface area contributed by atoms with E-state index in [0.29, 0.717) is 31.7 Å². The summed E-state index contributed by atoms with van der Waals surface area (Å²) in [6.07, 6.45) is 0.701. The highest BCUT2D eigenvalue weighted by molar-refractivity contribution is 7.07. The van der Waals surface area contributed by atoms with Crippen molar-refractivity contribution in [3.05, 3.63) is 52.5 Å². The van der Waals surface area contributed by atoms with Crippen molar-refractivity contribution in [3.63, 3.8) is 0 Å². The van der Waals surface area contributed by atoms with Crippen LogP contribution in [0.4, 0.5) is 0 Å². The molecule has 0 saturated carbocycles. The topological polar surface area (TPSA) is 62.7 Å². The maximum Gasteiger partial charge on any atom is 0.273 e. The number of benzene rings is 1. The van der Waals surface area contributed by atoms with E-state index >= 15 is 0 Å². The molecule has 4 rings (SSSR count). The van der Waals surface area contributed by atoms with Gasteiger partial charge in [-0.25, -0.2) is 4.98 Å². The van der Waals surface area contributed by atoms with Gasteiger partial charge in [0, 0.05) is 25.0 Å². The number of ether oxygens (including phenoxy) is 1. The number of likely N-dealkylation sites (tertiary alicyclic amines) is 1. The summed E-state index contributed by atoms with van der Waals surface area (Å²) in [5.41, 5.74) is 2.78. The van der Waals surface area contributed by atoms with Gasteiger partial charge in [0.25, 0.3) is 5.91 Å². The molecule has 7 heteroatoms. The normalized spacial score (nSPS) is 25.9. The average molecular weight is 371 g/mol. The van der Waals surface area contributed by atoms with Crippen LogP contribution < -0.4 is 0 Å². The molecule has 2 aliphatic heterocycles. The lowest BCUT2D eigenvalue weighted by Gasteiger charge is -2.52. The van der Waals surface area contributed by atoms with Gasteiger partial charge in [-0.3, -0.25) is 9.59 Å². The van der Waals surface area contributed by atoms with Gasteiger partial charge in [0.05, 0.1) is 17.2 Å². The summed E-state index contributed by atoms with van der Waals surface area (Å²) in [5, 5.41) is 1.76. The summed E-state index contributed by atoms with van der Waals surface area (Å²) in [4.78, 5) is 33.1. The van der Waals surface area contributed by atoms with Crippen LogP contribution in [0.15, 0.2) is 41.2 Å². The van der Waals surface area contributed by atoms with E-state index in [9.17, 15) is 9.59 Å². The van der Waals surface area contributed by atoms with Gasteiger partial charge < -0.3 is 14.5 Å². The summed E-state index contributed by atoms with van der Waals surface area (Å²) in [7, 11) is 0. The van der Waals surface area contributed by atoms with Crippen LogP contribution in [0, 0.1) is 0 Å². The largest absolute Gasteiger partial charge is 0.363 e. The van der Waals surface area contributed by atoms with Crippen LogP contribution in [0.5, 0.6) is 0 Å².